The van der Waals surface area contributed by atoms with Gasteiger partial charge in [-0.2, -0.15) is 5.10 Å². The molecule has 0 aliphatic carbocycles. The highest BCUT2D eigenvalue weighted by Crippen LogP contribution is 2.18. The summed E-state index contributed by atoms with van der Waals surface area (Å²) in [6.45, 7) is 5.82. The Bertz CT molecular complexity index is 593. The molecule has 1 atom stereocenters. The molecule has 1 heterocycles. The molecule has 0 saturated carbocycles. The minimum Gasteiger partial charge on any atom is -0.449 e. The van der Waals surface area contributed by atoms with Gasteiger partial charge >= 0.3 is 6.09 Å². The van der Waals surface area contributed by atoms with Crippen molar-refractivity contribution >= 4 is 23.4 Å². The molecule has 116 valence electrons. The summed E-state index contributed by atoms with van der Waals surface area (Å²) in [7, 11) is 0. The molecule has 2 rings (SSSR count). The van der Waals surface area contributed by atoms with Crippen LogP contribution in [0.15, 0.2) is 42.0 Å². The molecule has 1 unspecified atom stereocenters. The number of amides is 2. The molecule has 2 amide bonds. The topological polar surface area (TPSA) is 79.8 Å². The Morgan fingerprint density at radius 3 is 2.86 bits per heavy atom. The molecule has 1 aliphatic heterocycles. The van der Waals surface area contributed by atoms with Crippen molar-refractivity contribution in [3.05, 3.63) is 42.5 Å². The van der Waals surface area contributed by atoms with Crippen LogP contribution in [0.3, 0.4) is 0 Å². The lowest BCUT2D eigenvalue weighted by molar-refractivity contribution is -0.121. The lowest BCUT2D eigenvalue weighted by Gasteiger charge is -2.19. The normalized spacial score (nSPS) is 17.2. The maximum absolute atomic E-state index is 11.5. The average Bonchev–Trinajstić information content (AvgIpc) is 2.49. The number of anilines is 1. The average molecular weight is 301 g/mol. The van der Waals surface area contributed by atoms with Gasteiger partial charge < -0.3 is 4.74 Å². The number of hydrazone groups is 1. The monoisotopic (exact) mass is 301 g/mol. The molecule has 1 aliphatic rings. The molecule has 1 aromatic carbocycles. The summed E-state index contributed by atoms with van der Waals surface area (Å²) in [4.78, 5) is 22.8. The third kappa shape index (κ3) is 4.18. The van der Waals surface area contributed by atoms with Crippen LogP contribution in [-0.2, 0) is 9.53 Å². The first-order valence-corrected chi connectivity index (χ1v) is 7.11. The molecule has 0 radical (unpaired) electrons. The Balaban J connectivity index is 1.97. The molecule has 0 spiro atoms. The number of benzene rings is 1. The minimum atomic E-state index is -0.495. The lowest BCUT2D eigenvalue weighted by Crippen LogP contribution is -2.31. The number of hydrogen-bond acceptors (Lipinski definition) is 4. The van der Waals surface area contributed by atoms with Crippen LogP contribution in [0.4, 0.5) is 10.5 Å². The van der Waals surface area contributed by atoms with E-state index in [0.717, 1.165) is 11.3 Å². The molecule has 2 N–H and O–H groups in total. The minimum absolute atomic E-state index is 0.0661. The number of carbonyl (C=O) groups is 2. The fourth-order valence-electron chi connectivity index (χ4n) is 2.12. The van der Waals surface area contributed by atoms with Crippen molar-refractivity contribution in [2.45, 2.75) is 19.8 Å². The maximum Gasteiger partial charge on any atom is 0.411 e. The summed E-state index contributed by atoms with van der Waals surface area (Å²) in [5.41, 5.74) is 4.87. The van der Waals surface area contributed by atoms with Crippen molar-refractivity contribution < 1.29 is 14.3 Å². The molecule has 1 aromatic rings. The van der Waals surface area contributed by atoms with Gasteiger partial charge in [0, 0.05) is 18.0 Å². The zero-order chi connectivity index (χ0) is 15.9. The second-order valence-corrected chi connectivity index (χ2v) is 5.05. The van der Waals surface area contributed by atoms with Crippen LogP contribution in [0.1, 0.15) is 25.3 Å². The van der Waals surface area contributed by atoms with E-state index in [-0.39, 0.29) is 11.8 Å². The van der Waals surface area contributed by atoms with Gasteiger partial charge in [-0.05, 0) is 24.1 Å². The largest absolute Gasteiger partial charge is 0.449 e. The second kappa shape index (κ2) is 7.40. The number of nitrogens with one attached hydrogen (secondary N) is 2. The SMILES string of the molecule is C=CCCOC(=O)Nc1ccc(C2=NNC(=O)CC2C)cc1. The van der Waals surface area contributed by atoms with Crippen LogP contribution >= 0.6 is 0 Å². The Morgan fingerprint density at radius 2 is 2.23 bits per heavy atom. The smallest absolute Gasteiger partial charge is 0.411 e. The number of nitrogens with zero attached hydrogens (tertiary/aromatic N) is 1. The van der Waals surface area contributed by atoms with Gasteiger partial charge in [-0.15, -0.1) is 6.58 Å². The van der Waals surface area contributed by atoms with Crippen LogP contribution in [-0.4, -0.2) is 24.3 Å². The molecule has 0 bridgehead atoms. The number of hydrogen-bond donors (Lipinski definition) is 2. The molecule has 0 aromatic heterocycles. The van der Waals surface area contributed by atoms with Crippen LogP contribution in [0.2, 0.25) is 0 Å². The fourth-order valence-corrected chi connectivity index (χ4v) is 2.12. The first-order chi connectivity index (χ1) is 10.6. The molecular formula is C16H19N3O3. The zero-order valence-electron chi connectivity index (χ0n) is 12.5. The van der Waals surface area contributed by atoms with Gasteiger partial charge in [-0.3, -0.25) is 10.1 Å². The molecule has 6 heteroatoms. The first kappa shape index (κ1) is 15.8. The predicted octanol–water partition coefficient (Wildman–Crippen LogP) is 2.67. The van der Waals surface area contributed by atoms with Crippen molar-refractivity contribution in [3.63, 3.8) is 0 Å². The highest BCUT2D eigenvalue weighted by Gasteiger charge is 2.21. The van der Waals surface area contributed by atoms with E-state index in [2.05, 4.69) is 22.4 Å². The van der Waals surface area contributed by atoms with Crippen molar-refractivity contribution in [2.24, 2.45) is 11.0 Å². The predicted molar refractivity (Wildman–Crippen MR) is 84.7 cm³/mol. The summed E-state index contributed by atoms with van der Waals surface area (Å²) >= 11 is 0. The summed E-state index contributed by atoms with van der Waals surface area (Å²) in [6.07, 6.45) is 2.24. The van der Waals surface area contributed by atoms with Gasteiger partial charge in [0.25, 0.3) is 0 Å². The summed E-state index contributed by atoms with van der Waals surface area (Å²) < 4.78 is 4.97. The first-order valence-electron chi connectivity index (χ1n) is 7.11. The van der Waals surface area contributed by atoms with E-state index >= 15 is 0 Å². The Hall–Kier alpha value is -2.63. The molecule has 0 fully saturated rings. The van der Waals surface area contributed by atoms with Gasteiger partial charge in [0.05, 0.1) is 12.3 Å². The van der Waals surface area contributed by atoms with E-state index < -0.39 is 6.09 Å². The van der Waals surface area contributed by atoms with E-state index in [1.54, 1.807) is 18.2 Å². The van der Waals surface area contributed by atoms with Crippen LogP contribution in [0, 0.1) is 5.92 Å². The molecule has 22 heavy (non-hydrogen) atoms. The van der Waals surface area contributed by atoms with E-state index in [1.807, 2.05) is 19.1 Å². The van der Waals surface area contributed by atoms with Gasteiger partial charge in [-0.25, -0.2) is 10.2 Å². The van der Waals surface area contributed by atoms with Crippen molar-refractivity contribution in [3.8, 4) is 0 Å². The maximum atomic E-state index is 11.5. The number of rotatable bonds is 5. The van der Waals surface area contributed by atoms with Crippen molar-refractivity contribution in [1.29, 1.82) is 0 Å². The van der Waals surface area contributed by atoms with Gasteiger partial charge in [0.15, 0.2) is 0 Å². The Kier molecular flexibility index (Phi) is 5.30. The number of carbonyl (C=O) groups excluding carboxylic acids is 2. The quantitative estimate of drug-likeness (QED) is 0.648. The number of ether oxygens (including phenoxy) is 1. The van der Waals surface area contributed by atoms with E-state index in [9.17, 15) is 9.59 Å². The third-order valence-electron chi connectivity index (χ3n) is 3.24. The highest BCUT2D eigenvalue weighted by molar-refractivity contribution is 6.06. The fraction of sp³-hybridized carbons (Fsp3) is 0.312. The van der Waals surface area contributed by atoms with Gasteiger partial charge in [0.1, 0.15) is 0 Å². The van der Waals surface area contributed by atoms with Crippen molar-refractivity contribution in [2.75, 3.05) is 11.9 Å². The van der Waals surface area contributed by atoms with E-state index in [1.165, 1.54) is 0 Å². The Labute approximate surface area is 129 Å². The van der Waals surface area contributed by atoms with Gasteiger partial charge in [0.2, 0.25) is 5.91 Å². The van der Waals surface area contributed by atoms with Crippen LogP contribution in [0.25, 0.3) is 0 Å². The molecule has 6 nitrogen and oxygen atoms in total. The van der Waals surface area contributed by atoms with Crippen LogP contribution < -0.4 is 10.7 Å². The third-order valence-corrected chi connectivity index (χ3v) is 3.24. The standard InChI is InChI=1S/C16H19N3O3/c1-3-4-9-22-16(21)17-13-7-5-12(6-8-13)15-11(2)10-14(20)18-19-15/h3,5-8,11H,1,4,9-10H2,2H3,(H,17,21)(H,18,20). The highest BCUT2D eigenvalue weighted by atomic mass is 16.5. The molecular weight excluding hydrogens is 282 g/mol. The van der Waals surface area contributed by atoms with Crippen LogP contribution in [0.5, 0.6) is 0 Å². The van der Waals surface area contributed by atoms with Crippen molar-refractivity contribution in [1.82, 2.24) is 5.43 Å². The summed E-state index contributed by atoms with van der Waals surface area (Å²) in [5, 5.41) is 6.74. The van der Waals surface area contributed by atoms with Gasteiger partial charge in [-0.1, -0.05) is 25.1 Å². The molecule has 0 saturated heterocycles. The second-order valence-electron chi connectivity index (χ2n) is 5.05. The van der Waals surface area contributed by atoms with E-state index in [0.29, 0.717) is 25.1 Å². The lowest BCUT2D eigenvalue weighted by atomic mass is 9.94. The van der Waals surface area contributed by atoms with E-state index in [4.69, 9.17) is 4.74 Å². The Morgan fingerprint density at radius 1 is 1.50 bits per heavy atom. The summed E-state index contributed by atoms with van der Waals surface area (Å²) in [5.74, 6) is -0.00626. The zero-order valence-corrected chi connectivity index (χ0v) is 12.5. The summed E-state index contributed by atoms with van der Waals surface area (Å²) in [6, 6.07) is 7.25.